The van der Waals surface area contributed by atoms with Crippen molar-refractivity contribution in [2.45, 2.75) is 0 Å². The molecule has 1 heterocycles. The molecular weight excluding hydrogens is 282 g/mol. The Hall–Kier alpha value is -2.89. The largest absolute Gasteiger partial charge is 0.493 e. The standard InChI is InChI=1S/C16H17N3O3/c1-20-14-5-4-12(10-15(14)21-2)11-18-19-16(22-3)13-6-8-17-9-7-13/h4-11H,1-3H3/b18-11+,19-16+. The molecule has 0 aliphatic heterocycles. The van der Waals surface area contributed by atoms with Crippen LogP contribution in [0, 0.1) is 0 Å². The van der Waals surface area contributed by atoms with E-state index in [1.807, 2.05) is 18.2 Å². The summed E-state index contributed by atoms with van der Waals surface area (Å²) in [6.07, 6.45) is 4.95. The minimum Gasteiger partial charge on any atom is -0.493 e. The Morgan fingerprint density at radius 2 is 1.73 bits per heavy atom. The summed E-state index contributed by atoms with van der Waals surface area (Å²) < 4.78 is 15.6. The summed E-state index contributed by atoms with van der Waals surface area (Å²) in [5.41, 5.74) is 1.65. The van der Waals surface area contributed by atoms with E-state index in [2.05, 4.69) is 15.2 Å². The van der Waals surface area contributed by atoms with Crippen LogP contribution in [-0.2, 0) is 4.74 Å². The van der Waals surface area contributed by atoms with Crippen LogP contribution in [0.2, 0.25) is 0 Å². The number of methoxy groups -OCH3 is 3. The topological polar surface area (TPSA) is 65.3 Å². The van der Waals surface area contributed by atoms with Crippen molar-refractivity contribution in [3.05, 3.63) is 53.9 Å². The SMILES string of the molecule is CO/C(=N/N=C/c1ccc(OC)c(OC)c1)c1ccncc1. The van der Waals surface area contributed by atoms with Crippen LogP contribution < -0.4 is 9.47 Å². The maximum absolute atomic E-state index is 5.24. The van der Waals surface area contributed by atoms with Gasteiger partial charge >= 0.3 is 0 Å². The normalized spacial score (nSPS) is 11.5. The zero-order valence-electron chi connectivity index (χ0n) is 12.7. The molecular formula is C16H17N3O3. The Kier molecular flexibility index (Phi) is 5.48. The first kappa shape index (κ1) is 15.5. The Morgan fingerprint density at radius 3 is 2.36 bits per heavy atom. The van der Waals surface area contributed by atoms with Gasteiger partial charge in [-0.1, -0.05) is 0 Å². The molecule has 0 unspecified atom stereocenters. The quantitative estimate of drug-likeness (QED) is 0.483. The molecule has 0 N–H and O–H groups in total. The fraction of sp³-hybridized carbons (Fsp3) is 0.188. The lowest BCUT2D eigenvalue weighted by molar-refractivity contribution is 0.355. The summed E-state index contributed by atoms with van der Waals surface area (Å²) in [6.45, 7) is 0. The summed E-state index contributed by atoms with van der Waals surface area (Å²) in [4.78, 5) is 3.95. The Morgan fingerprint density at radius 1 is 1.00 bits per heavy atom. The van der Waals surface area contributed by atoms with Crippen LogP contribution in [0.4, 0.5) is 0 Å². The molecule has 0 saturated carbocycles. The predicted molar refractivity (Wildman–Crippen MR) is 84.9 cm³/mol. The first-order chi connectivity index (χ1) is 10.8. The van der Waals surface area contributed by atoms with Gasteiger partial charge in [0.15, 0.2) is 11.5 Å². The maximum Gasteiger partial charge on any atom is 0.240 e. The molecule has 22 heavy (non-hydrogen) atoms. The van der Waals surface area contributed by atoms with Gasteiger partial charge in [-0.15, -0.1) is 5.10 Å². The van der Waals surface area contributed by atoms with E-state index in [1.165, 1.54) is 0 Å². The minimum atomic E-state index is 0.416. The van der Waals surface area contributed by atoms with Crippen molar-refractivity contribution in [3.63, 3.8) is 0 Å². The van der Waals surface area contributed by atoms with Crippen LogP contribution in [0.3, 0.4) is 0 Å². The average molecular weight is 299 g/mol. The highest BCUT2D eigenvalue weighted by Crippen LogP contribution is 2.26. The van der Waals surface area contributed by atoms with Gasteiger partial charge in [0, 0.05) is 18.0 Å². The highest BCUT2D eigenvalue weighted by Gasteiger charge is 2.04. The van der Waals surface area contributed by atoms with Gasteiger partial charge < -0.3 is 14.2 Å². The van der Waals surface area contributed by atoms with E-state index in [0.29, 0.717) is 17.4 Å². The summed E-state index contributed by atoms with van der Waals surface area (Å²) in [5, 5.41) is 8.11. The third-order valence-corrected chi connectivity index (χ3v) is 2.88. The van der Waals surface area contributed by atoms with E-state index >= 15 is 0 Å². The second kappa shape index (κ2) is 7.78. The summed E-state index contributed by atoms with van der Waals surface area (Å²) in [6, 6.07) is 9.09. The number of hydrogen-bond donors (Lipinski definition) is 0. The summed E-state index contributed by atoms with van der Waals surface area (Å²) >= 11 is 0. The van der Waals surface area contributed by atoms with Crippen LogP contribution >= 0.6 is 0 Å². The molecule has 0 aliphatic carbocycles. The number of pyridine rings is 1. The van der Waals surface area contributed by atoms with Crippen LogP contribution in [0.5, 0.6) is 11.5 Å². The number of nitrogens with zero attached hydrogens (tertiary/aromatic N) is 3. The molecule has 6 nitrogen and oxygen atoms in total. The van der Waals surface area contributed by atoms with Crippen molar-refractivity contribution in [3.8, 4) is 11.5 Å². The highest BCUT2D eigenvalue weighted by molar-refractivity contribution is 5.94. The first-order valence-electron chi connectivity index (χ1n) is 6.56. The van der Waals surface area contributed by atoms with Crippen LogP contribution in [-0.4, -0.2) is 38.4 Å². The fourth-order valence-corrected chi connectivity index (χ4v) is 1.79. The molecule has 0 atom stereocenters. The highest BCUT2D eigenvalue weighted by atomic mass is 16.5. The van der Waals surface area contributed by atoms with Crippen molar-refractivity contribution in [1.29, 1.82) is 0 Å². The van der Waals surface area contributed by atoms with Gasteiger partial charge in [-0.3, -0.25) is 4.98 Å². The van der Waals surface area contributed by atoms with E-state index < -0.39 is 0 Å². The number of benzene rings is 1. The second-order valence-electron chi connectivity index (χ2n) is 4.20. The molecule has 0 aliphatic rings. The minimum absolute atomic E-state index is 0.416. The Bertz CT molecular complexity index is 670. The number of hydrogen-bond acceptors (Lipinski definition) is 6. The van der Waals surface area contributed by atoms with Crippen LogP contribution in [0.25, 0.3) is 0 Å². The van der Waals surface area contributed by atoms with Crippen LogP contribution in [0.15, 0.2) is 52.9 Å². The molecule has 2 rings (SSSR count). The maximum atomic E-state index is 5.24. The lowest BCUT2D eigenvalue weighted by Gasteiger charge is -2.07. The van der Waals surface area contributed by atoms with Crippen molar-refractivity contribution in [2.75, 3.05) is 21.3 Å². The molecule has 114 valence electrons. The van der Waals surface area contributed by atoms with Gasteiger partial charge in [0.05, 0.1) is 27.5 Å². The van der Waals surface area contributed by atoms with E-state index in [-0.39, 0.29) is 0 Å². The van der Waals surface area contributed by atoms with E-state index in [0.717, 1.165) is 11.1 Å². The molecule has 1 aromatic carbocycles. The van der Waals surface area contributed by atoms with Crippen molar-refractivity contribution in [2.24, 2.45) is 10.2 Å². The number of aromatic nitrogens is 1. The second-order valence-corrected chi connectivity index (χ2v) is 4.20. The molecule has 0 radical (unpaired) electrons. The van der Waals surface area contributed by atoms with Gasteiger partial charge in [0.1, 0.15) is 0 Å². The van der Waals surface area contributed by atoms with Crippen molar-refractivity contribution in [1.82, 2.24) is 4.98 Å². The molecule has 2 aromatic rings. The predicted octanol–water partition coefficient (Wildman–Crippen LogP) is 2.53. The zero-order chi connectivity index (χ0) is 15.8. The Balaban J connectivity index is 2.19. The van der Waals surface area contributed by atoms with Gasteiger partial charge in [0.25, 0.3) is 0 Å². The van der Waals surface area contributed by atoms with E-state index in [9.17, 15) is 0 Å². The molecule has 0 bridgehead atoms. The smallest absolute Gasteiger partial charge is 0.240 e. The van der Waals surface area contributed by atoms with Crippen LogP contribution in [0.1, 0.15) is 11.1 Å². The lowest BCUT2D eigenvalue weighted by atomic mass is 10.2. The number of ether oxygens (including phenoxy) is 3. The molecule has 0 saturated heterocycles. The third-order valence-electron chi connectivity index (χ3n) is 2.88. The molecule has 0 spiro atoms. The van der Waals surface area contributed by atoms with Gasteiger partial charge in [-0.2, -0.15) is 5.10 Å². The summed E-state index contributed by atoms with van der Waals surface area (Å²) in [5.74, 6) is 1.72. The lowest BCUT2D eigenvalue weighted by Crippen LogP contribution is -2.02. The molecule has 0 amide bonds. The van der Waals surface area contributed by atoms with E-state index in [4.69, 9.17) is 14.2 Å². The van der Waals surface area contributed by atoms with E-state index in [1.54, 1.807) is 52.1 Å². The van der Waals surface area contributed by atoms with Crippen molar-refractivity contribution < 1.29 is 14.2 Å². The average Bonchev–Trinajstić information content (AvgIpc) is 2.59. The molecule has 0 fully saturated rings. The van der Waals surface area contributed by atoms with Gasteiger partial charge in [-0.25, -0.2) is 0 Å². The molecule has 1 aromatic heterocycles. The monoisotopic (exact) mass is 299 g/mol. The van der Waals surface area contributed by atoms with Gasteiger partial charge in [-0.05, 0) is 35.9 Å². The Labute approximate surface area is 129 Å². The first-order valence-corrected chi connectivity index (χ1v) is 6.56. The summed E-state index contributed by atoms with van der Waals surface area (Å²) in [7, 11) is 4.73. The molecule has 6 heteroatoms. The van der Waals surface area contributed by atoms with Crippen molar-refractivity contribution >= 4 is 12.1 Å². The third kappa shape index (κ3) is 3.82. The number of rotatable bonds is 5. The fourth-order valence-electron chi connectivity index (χ4n) is 1.79. The van der Waals surface area contributed by atoms with Gasteiger partial charge in [0.2, 0.25) is 5.90 Å². The zero-order valence-corrected chi connectivity index (χ0v) is 12.7.